The van der Waals surface area contributed by atoms with Gasteiger partial charge in [0.1, 0.15) is 19.0 Å². The van der Waals surface area contributed by atoms with E-state index < -0.39 is 10.1 Å². The van der Waals surface area contributed by atoms with E-state index in [1.54, 1.807) is 37.6 Å². The summed E-state index contributed by atoms with van der Waals surface area (Å²) in [5, 5.41) is 3.21. The first-order valence-corrected chi connectivity index (χ1v) is 14.2. The van der Waals surface area contributed by atoms with Gasteiger partial charge in [-0.25, -0.2) is 9.97 Å². The van der Waals surface area contributed by atoms with Crippen LogP contribution in [0.4, 0.5) is 11.6 Å². The molecule has 12 heteroatoms. The Morgan fingerprint density at radius 3 is 2.29 bits per heavy atom. The van der Waals surface area contributed by atoms with Crippen LogP contribution in [0.5, 0.6) is 23.0 Å². The van der Waals surface area contributed by atoms with E-state index in [0.717, 1.165) is 40.9 Å². The van der Waals surface area contributed by atoms with E-state index in [1.807, 2.05) is 19.2 Å². The van der Waals surface area contributed by atoms with Gasteiger partial charge in [-0.15, -0.1) is 0 Å². The molecule has 0 spiro atoms. The summed E-state index contributed by atoms with van der Waals surface area (Å²) in [4.78, 5) is 13.9. The van der Waals surface area contributed by atoms with E-state index in [1.165, 1.54) is 26.4 Å². The molecular formula is C29H30N4O7S. The maximum atomic E-state index is 12.5. The maximum absolute atomic E-state index is 12.5. The van der Waals surface area contributed by atoms with Crippen LogP contribution in [0.3, 0.4) is 0 Å². The number of aromatic nitrogens is 3. The molecule has 1 N–H and O–H groups in total. The van der Waals surface area contributed by atoms with Crippen molar-refractivity contribution in [1.82, 2.24) is 15.0 Å². The number of hydrogen-bond acceptors (Lipinski definition) is 11. The zero-order chi connectivity index (χ0) is 29.0. The molecule has 0 fully saturated rings. The third-order valence-corrected chi connectivity index (χ3v) is 7.85. The SMILES string of the molecule is COc1cnc2c(c1)-c1nc(Nc3cc(OC)c(OCCOS(=O)(=O)c4ccc(C)cc4)c(OC)c3)ncc1CC2. The molecule has 0 atom stereocenters. The lowest BCUT2D eigenvalue weighted by Gasteiger charge is -2.19. The van der Waals surface area contributed by atoms with Gasteiger partial charge in [-0.1, -0.05) is 17.7 Å². The van der Waals surface area contributed by atoms with E-state index in [9.17, 15) is 8.42 Å². The van der Waals surface area contributed by atoms with Crippen LogP contribution in [-0.2, 0) is 27.1 Å². The van der Waals surface area contributed by atoms with Crippen LogP contribution in [0.1, 0.15) is 16.8 Å². The molecule has 2 aromatic heterocycles. The lowest BCUT2D eigenvalue weighted by atomic mass is 9.93. The first-order chi connectivity index (χ1) is 19.8. The normalized spacial score (nSPS) is 12.2. The van der Waals surface area contributed by atoms with Crippen molar-refractivity contribution in [3.05, 3.63) is 71.7 Å². The van der Waals surface area contributed by atoms with Crippen LogP contribution in [0, 0.1) is 6.92 Å². The van der Waals surface area contributed by atoms with Crippen molar-refractivity contribution in [2.45, 2.75) is 24.7 Å². The molecule has 4 aromatic rings. The summed E-state index contributed by atoms with van der Waals surface area (Å²) in [5.41, 5.74) is 5.26. The molecule has 1 aliphatic carbocycles. The first kappa shape index (κ1) is 28.1. The van der Waals surface area contributed by atoms with Crippen molar-refractivity contribution in [2.75, 3.05) is 39.9 Å². The number of aryl methyl sites for hydroxylation is 3. The topological polar surface area (TPSA) is 131 Å². The maximum Gasteiger partial charge on any atom is 0.297 e. The number of hydrogen-bond donors (Lipinski definition) is 1. The Morgan fingerprint density at radius 1 is 0.878 bits per heavy atom. The fraction of sp³-hybridized carbons (Fsp3) is 0.276. The highest BCUT2D eigenvalue weighted by atomic mass is 32.2. The molecule has 0 amide bonds. The van der Waals surface area contributed by atoms with E-state index in [0.29, 0.717) is 34.6 Å². The second kappa shape index (κ2) is 12.0. The van der Waals surface area contributed by atoms with Gasteiger partial charge in [-0.05, 0) is 43.5 Å². The van der Waals surface area contributed by atoms with E-state index in [-0.39, 0.29) is 18.1 Å². The van der Waals surface area contributed by atoms with Crippen molar-refractivity contribution in [2.24, 2.45) is 0 Å². The second-order valence-corrected chi connectivity index (χ2v) is 10.8. The number of methoxy groups -OCH3 is 3. The molecule has 0 saturated heterocycles. The van der Waals surface area contributed by atoms with Crippen LogP contribution < -0.4 is 24.3 Å². The van der Waals surface area contributed by atoms with Crippen LogP contribution in [-0.4, -0.2) is 57.9 Å². The zero-order valence-electron chi connectivity index (χ0n) is 23.1. The standard InChI is InChI=1S/C29H30N4O7S/c1-18-5-8-22(9-6-18)41(34,35)40-12-11-39-28-25(37-3)13-20(14-26(28)38-4)32-29-31-16-19-7-10-24-23(27(19)33-29)15-21(36-2)17-30-24/h5-6,8-9,13-17H,7,10-12H2,1-4H3,(H,31,32,33). The van der Waals surface area contributed by atoms with Crippen molar-refractivity contribution in [3.63, 3.8) is 0 Å². The Labute approximate surface area is 238 Å². The Kier molecular flexibility index (Phi) is 8.22. The summed E-state index contributed by atoms with van der Waals surface area (Å²) in [7, 11) is 0.688. The van der Waals surface area contributed by atoms with Crippen LogP contribution in [0.2, 0.25) is 0 Å². The highest BCUT2D eigenvalue weighted by Gasteiger charge is 2.22. The first-order valence-electron chi connectivity index (χ1n) is 12.8. The molecule has 0 aliphatic heterocycles. The van der Waals surface area contributed by atoms with Gasteiger partial charge >= 0.3 is 0 Å². The summed E-state index contributed by atoms with van der Waals surface area (Å²) < 4.78 is 52.3. The molecule has 214 valence electrons. The average Bonchev–Trinajstić information content (AvgIpc) is 2.99. The monoisotopic (exact) mass is 578 g/mol. The van der Waals surface area contributed by atoms with Gasteiger partial charge in [-0.2, -0.15) is 8.42 Å². The Balaban J connectivity index is 1.31. The van der Waals surface area contributed by atoms with Gasteiger partial charge < -0.3 is 24.3 Å². The van der Waals surface area contributed by atoms with E-state index >= 15 is 0 Å². The number of benzene rings is 2. The van der Waals surface area contributed by atoms with Crippen molar-refractivity contribution in [3.8, 4) is 34.3 Å². The fourth-order valence-electron chi connectivity index (χ4n) is 4.41. The third-order valence-electron chi connectivity index (χ3n) is 6.53. The Hall–Kier alpha value is -4.42. The predicted molar refractivity (Wildman–Crippen MR) is 152 cm³/mol. The zero-order valence-corrected chi connectivity index (χ0v) is 23.9. The van der Waals surface area contributed by atoms with Gasteiger partial charge in [0.25, 0.3) is 10.1 Å². The minimum absolute atomic E-state index is 0.0601. The Bertz CT molecular complexity index is 1640. The minimum atomic E-state index is -3.91. The molecule has 0 bridgehead atoms. The molecule has 0 unspecified atom stereocenters. The number of anilines is 2. The van der Waals surface area contributed by atoms with Gasteiger partial charge in [-0.3, -0.25) is 9.17 Å². The van der Waals surface area contributed by atoms with Gasteiger partial charge in [0.05, 0.1) is 43.8 Å². The molecular weight excluding hydrogens is 548 g/mol. The van der Waals surface area contributed by atoms with Crippen LogP contribution in [0.15, 0.2) is 59.8 Å². The number of pyridine rings is 1. The summed E-state index contributed by atoms with van der Waals surface area (Å²) >= 11 is 0. The molecule has 2 heterocycles. The molecule has 0 saturated carbocycles. The van der Waals surface area contributed by atoms with Crippen LogP contribution in [0.25, 0.3) is 11.3 Å². The van der Waals surface area contributed by atoms with Gasteiger partial charge in [0.15, 0.2) is 11.5 Å². The number of nitrogens with zero attached hydrogens (tertiary/aromatic N) is 3. The summed E-state index contributed by atoms with van der Waals surface area (Å²) in [6.45, 7) is 1.61. The van der Waals surface area contributed by atoms with Crippen molar-refractivity contribution < 1.29 is 31.5 Å². The molecule has 41 heavy (non-hydrogen) atoms. The molecule has 0 radical (unpaired) electrons. The number of rotatable bonds is 11. The fourth-order valence-corrected chi connectivity index (χ4v) is 5.30. The molecule has 1 aliphatic rings. The van der Waals surface area contributed by atoms with E-state index in [2.05, 4.69) is 15.3 Å². The number of fused-ring (bicyclic) bond motifs is 3. The number of ether oxygens (including phenoxy) is 4. The summed E-state index contributed by atoms with van der Waals surface area (Å²) in [6, 6.07) is 11.8. The summed E-state index contributed by atoms with van der Waals surface area (Å²) in [5.74, 6) is 2.08. The summed E-state index contributed by atoms with van der Waals surface area (Å²) in [6.07, 6.45) is 5.12. The third kappa shape index (κ3) is 6.18. The van der Waals surface area contributed by atoms with Crippen molar-refractivity contribution in [1.29, 1.82) is 0 Å². The molecule has 2 aromatic carbocycles. The highest BCUT2D eigenvalue weighted by Crippen LogP contribution is 2.41. The minimum Gasteiger partial charge on any atom is -0.495 e. The lowest BCUT2D eigenvalue weighted by Crippen LogP contribution is -2.13. The van der Waals surface area contributed by atoms with Crippen LogP contribution >= 0.6 is 0 Å². The lowest BCUT2D eigenvalue weighted by molar-refractivity contribution is 0.208. The van der Waals surface area contributed by atoms with Crippen molar-refractivity contribution >= 4 is 21.8 Å². The quantitative estimate of drug-likeness (QED) is 0.199. The van der Waals surface area contributed by atoms with Gasteiger partial charge in [0, 0.05) is 29.6 Å². The van der Waals surface area contributed by atoms with E-state index in [4.69, 9.17) is 28.1 Å². The van der Waals surface area contributed by atoms with Gasteiger partial charge in [0.2, 0.25) is 11.7 Å². The Morgan fingerprint density at radius 2 is 1.61 bits per heavy atom. The number of nitrogens with one attached hydrogen (secondary N) is 1. The smallest absolute Gasteiger partial charge is 0.297 e. The second-order valence-electron chi connectivity index (χ2n) is 9.21. The molecule has 11 nitrogen and oxygen atoms in total. The average molecular weight is 579 g/mol. The highest BCUT2D eigenvalue weighted by molar-refractivity contribution is 7.86. The predicted octanol–water partition coefficient (Wildman–Crippen LogP) is 4.50. The largest absolute Gasteiger partial charge is 0.495 e. The molecule has 5 rings (SSSR count).